The lowest BCUT2D eigenvalue weighted by Gasteiger charge is -2.03. The maximum atomic E-state index is 11.1. The van der Waals surface area contributed by atoms with Gasteiger partial charge in [0, 0.05) is 12.3 Å². The molecule has 0 amide bonds. The normalized spacial score (nSPS) is 11.1. The Hall–Kier alpha value is -2.51. The molecule has 0 aliphatic heterocycles. The monoisotopic (exact) mass is 420 g/mol. The average Bonchev–Trinajstić information content (AvgIpc) is 2.73. The first-order valence-corrected chi connectivity index (χ1v) is 11.3. The van der Waals surface area contributed by atoms with Gasteiger partial charge in [0.25, 0.3) is 5.69 Å². The van der Waals surface area contributed by atoms with Crippen LogP contribution in [0, 0.1) is 20.2 Å². The smallest absolute Gasteiger partial charge is 0.272 e. The lowest BCUT2D eigenvalue weighted by molar-refractivity contribution is -0.393. The first-order valence-electron chi connectivity index (χ1n) is 11.3. The maximum absolute atomic E-state index is 11.1. The quantitative estimate of drug-likeness (QED) is 0.115. The van der Waals surface area contributed by atoms with Crippen LogP contribution >= 0.6 is 0 Å². The third-order valence-corrected chi connectivity index (χ3v) is 5.10. The number of nitrogens with zero attached hydrogens (tertiary/aromatic N) is 3. The number of rotatable bonds is 18. The molecule has 0 radical (unpaired) electrons. The fourth-order valence-electron chi connectivity index (χ4n) is 3.31. The summed E-state index contributed by atoms with van der Waals surface area (Å²) in [5, 5.41) is 25.8. The molecule has 0 saturated heterocycles. The molecule has 8 heteroatoms. The maximum Gasteiger partial charge on any atom is 0.301 e. The number of nitrogens with one attached hydrogen (secondary N) is 1. The first-order chi connectivity index (χ1) is 14.6. The topological polar surface area (TPSA) is 111 Å². The Morgan fingerprint density at radius 1 is 0.833 bits per heavy atom. The molecule has 0 fully saturated rings. The van der Waals surface area contributed by atoms with E-state index in [1.807, 2.05) is 0 Å². The summed E-state index contributed by atoms with van der Waals surface area (Å²) < 4.78 is 0. The van der Waals surface area contributed by atoms with E-state index in [-0.39, 0.29) is 17.1 Å². The number of hydrogen-bond acceptors (Lipinski definition) is 6. The van der Waals surface area contributed by atoms with E-state index in [0.29, 0.717) is 0 Å². The highest BCUT2D eigenvalue weighted by Gasteiger charge is 2.18. The van der Waals surface area contributed by atoms with Crippen molar-refractivity contribution in [2.24, 2.45) is 5.10 Å². The van der Waals surface area contributed by atoms with E-state index >= 15 is 0 Å². The minimum atomic E-state index is -0.658. The van der Waals surface area contributed by atoms with Crippen molar-refractivity contribution in [3.8, 4) is 0 Å². The van der Waals surface area contributed by atoms with Crippen LogP contribution in [0.15, 0.2) is 23.3 Å². The van der Waals surface area contributed by atoms with Crippen molar-refractivity contribution in [2.75, 3.05) is 5.43 Å². The summed E-state index contributed by atoms with van der Waals surface area (Å²) >= 11 is 0. The minimum absolute atomic E-state index is 0.146. The van der Waals surface area contributed by atoms with E-state index in [1.54, 1.807) is 6.21 Å². The molecule has 1 N–H and O–H groups in total. The van der Waals surface area contributed by atoms with Crippen molar-refractivity contribution in [3.63, 3.8) is 0 Å². The van der Waals surface area contributed by atoms with E-state index < -0.39 is 9.85 Å². The van der Waals surface area contributed by atoms with Gasteiger partial charge in [-0.15, -0.1) is 0 Å². The third-order valence-electron chi connectivity index (χ3n) is 5.10. The SMILES string of the molecule is CCCCCCCCCCCCCCCC=NNc1ccc([N+](=O)[O-])cc1[N+](=O)[O-]. The second-order valence-electron chi connectivity index (χ2n) is 7.67. The largest absolute Gasteiger partial charge is 0.301 e. The summed E-state index contributed by atoms with van der Waals surface area (Å²) in [5.41, 5.74) is 2.08. The van der Waals surface area contributed by atoms with Gasteiger partial charge in [-0.2, -0.15) is 5.10 Å². The van der Waals surface area contributed by atoms with Crippen molar-refractivity contribution in [2.45, 2.75) is 96.8 Å². The van der Waals surface area contributed by atoms with Gasteiger partial charge in [0.15, 0.2) is 0 Å². The lowest BCUT2D eigenvalue weighted by atomic mass is 10.0. The second kappa shape index (κ2) is 16.3. The van der Waals surface area contributed by atoms with Crippen LogP contribution < -0.4 is 5.43 Å². The molecule has 0 aliphatic rings. The van der Waals surface area contributed by atoms with Gasteiger partial charge in [-0.05, 0) is 18.9 Å². The Morgan fingerprint density at radius 3 is 1.87 bits per heavy atom. The molecule has 1 rings (SSSR count). The zero-order valence-corrected chi connectivity index (χ0v) is 18.2. The van der Waals surface area contributed by atoms with Crippen molar-refractivity contribution in [1.29, 1.82) is 0 Å². The zero-order valence-electron chi connectivity index (χ0n) is 18.2. The van der Waals surface area contributed by atoms with E-state index in [0.717, 1.165) is 25.3 Å². The van der Waals surface area contributed by atoms with Crippen molar-refractivity contribution in [1.82, 2.24) is 0 Å². The van der Waals surface area contributed by atoms with Gasteiger partial charge in [0.2, 0.25) is 0 Å². The predicted octanol–water partition coefficient (Wildman–Crippen LogP) is 7.38. The summed E-state index contributed by atoms with van der Waals surface area (Å²) in [7, 11) is 0. The number of hydrazone groups is 1. The highest BCUT2D eigenvalue weighted by molar-refractivity contribution is 5.67. The molecule has 0 saturated carbocycles. The standard InChI is InChI=1S/C22H36N4O4/c1-2-3-4-5-6-7-8-9-10-11-12-13-14-15-18-23-24-21-17-16-20(25(27)28)19-22(21)26(29)30/h16-19,24H,2-15H2,1H3. The number of hydrogen-bond donors (Lipinski definition) is 1. The van der Waals surface area contributed by atoms with Crippen LogP contribution in [-0.2, 0) is 0 Å². The Labute approximate surface area is 179 Å². The molecule has 168 valence electrons. The number of nitro groups is 2. The molecule has 8 nitrogen and oxygen atoms in total. The molecule has 0 heterocycles. The van der Waals surface area contributed by atoms with Crippen LogP contribution in [0.1, 0.15) is 96.8 Å². The van der Waals surface area contributed by atoms with Crippen molar-refractivity contribution in [3.05, 3.63) is 38.4 Å². The Balaban J connectivity index is 2.07. The number of unbranched alkanes of at least 4 members (excludes halogenated alkanes) is 13. The summed E-state index contributed by atoms with van der Waals surface area (Å²) in [4.78, 5) is 20.5. The van der Waals surface area contributed by atoms with Crippen LogP contribution in [0.3, 0.4) is 0 Å². The van der Waals surface area contributed by atoms with Gasteiger partial charge in [-0.1, -0.05) is 84.0 Å². The predicted molar refractivity (Wildman–Crippen MR) is 122 cm³/mol. The number of anilines is 1. The second-order valence-corrected chi connectivity index (χ2v) is 7.67. The van der Waals surface area contributed by atoms with E-state index in [1.165, 1.54) is 82.8 Å². The third kappa shape index (κ3) is 11.5. The molecule has 0 spiro atoms. The van der Waals surface area contributed by atoms with E-state index in [9.17, 15) is 20.2 Å². The summed E-state index contributed by atoms with van der Waals surface area (Å²) in [6.07, 6.45) is 19.4. The average molecular weight is 421 g/mol. The van der Waals surface area contributed by atoms with Gasteiger partial charge in [-0.25, -0.2) is 0 Å². The summed E-state index contributed by atoms with van der Waals surface area (Å²) in [6.45, 7) is 2.25. The molecule has 0 aromatic heterocycles. The van der Waals surface area contributed by atoms with Crippen LogP contribution in [-0.4, -0.2) is 16.1 Å². The Morgan fingerprint density at radius 2 is 1.37 bits per heavy atom. The van der Waals surface area contributed by atoms with Crippen LogP contribution in [0.25, 0.3) is 0 Å². The van der Waals surface area contributed by atoms with Gasteiger partial charge in [-0.3, -0.25) is 25.7 Å². The number of non-ortho nitro benzene ring substituents is 1. The minimum Gasteiger partial charge on any atom is -0.272 e. The molecule has 1 aromatic rings. The van der Waals surface area contributed by atoms with Gasteiger partial charge in [0.1, 0.15) is 5.69 Å². The molecule has 0 unspecified atom stereocenters. The van der Waals surface area contributed by atoms with Crippen molar-refractivity contribution >= 4 is 23.3 Å². The fraction of sp³-hybridized carbons (Fsp3) is 0.682. The summed E-state index contributed by atoms with van der Waals surface area (Å²) in [5.74, 6) is 0. The molecule has 0 aliphatic carbocycles. The molecule has 1 aromatic carbocycles. The lowest BCUT2D eigenvalue weighted by Crippen LogP contribution is -1.98. The van der Waals surface area contributed by atoms with E-state index in [4.69, 9.17) is 0 Å². The molecule has 0 atom stereocenters. The van der Waals surface area contributed by atoms with Crippen LogP contribution in [0.5, 0.6) is 0 Å². The fourth-order valence-corrected chi connectivity index (χ4v) is 3.31. The molecular weight excluding hydrogens is 384 g/mol. The number of nitro benzene ring substituents is 2. The van der Waals surface area contributed by atoms with E-state index in [2.05, 4.69) is 17.5 Å². The Kier molecular flexibility index (Phi) is 13.9. The molecule has 30 heavy (non-hydrogen) atoms. The van der Waals surface area contributed by atoms with Gasteiger partial charge >= 0.3 is 5.69 Å². The van der Waals surface area contributed by atoms with Gasteiger partial charge < -0.3 is 0 Å². The van der Waals surface area contributed by atoms with Gasteiger partial charge in [0.05, 0.1) is 15.9 Å². The summed E-state index contributed by atoms with van der Waals surface area (Å²) in [6, 6.07) is 3.46. The Bertz CT molecular complexity index is 665. The highest BCUT2D eigenvalue weighted by atomic mass is 16.6. The molecule has 0 bridgehead atoms. The van der Waals surface area contributed by atoms with Crippen LogP contribution in [0.4, 0.5) is 17.1 Å². The van der Waals surface area contributed by atoms with Crippen molar-refractivity contribution < 1.29 is 9.85 Å². The van der Waals surface area contributed by atoms with Crippen LogP contribution in [0.2, 0.25) is 0 Å². The first kappa shape index (κ1) is 25.5. The highest BCUT2D eigenvalue weighted by Crippen LogP contribution is 2.28. The molecular formula is C22H36N4O4. The zero-order chi connectivity index (χ0) is 22.0. The number of benzene rings is 1.